The lowest BCUT2D eigenvalue weighted by Gasteiger charge is -2.13. The van der Waals surface area contributed by atoms with E-state index in [0.29, 0.717) is 17.3 Å². The third-order valence-corrected chi connectivity index (χ3v) is 4.58. The number of aromatic nitrogens is 2. The largest absolute Gasteiger partial charge is 0.493 e. The highest BCUT2D eigenvalue weighted by Gasteiger charge is 2.18. The number of furan rings is 1. The molecule has 3 aromatic rings. The monoisotopic (exact) mass is 383 g/mol. The van der Waals surface area contributed by atoms with Crippen LogP contribution in [-0.2, 0) is 13.2 Å². The molecule has 7 nitrogen and oxygen atoms in total. The molecule has 1 unspecified atom stereocenters. The highest BCUT2D eigenvalue weighted by atomic mass is 16.5. The molecule has 1 N–H and O–H groups in total. The fraction of sp³-hybridized carbons (Fsp3) is 0.333. The zero-order valence-corrected chi connectivity index (χ0v) is 16.6. The van der Waals surface area contributed by atoms with Gasteiger partial charge in [-0.3, -0.25) is 9.48 Å². The summed E-state index contributed by atoms with van der Waals surface area (Å²) in [6.45, 7) is 6.95. The molecule has 3 rings (SSSR count). The van der Waals surface area contributed by atoms with Crippen LogP contribution in [0.1, 0.15) is 47.5 Å². The first-order valence-corrected chi connectivity index (χ1v) is 9.21. The van der Waals surface area contributed by atoms with Crippen LogP contribution in [0.4, 0.5) is 0 Å². The fourth-order valence-corrected chi connectivity index (χ4v) is 3.01. The Labute approximate surface area is 164 Å². The molecule has 148 valence electrons. The lowest BCUT2D eigenvalue weighted by molar-refractivity contribution is 0.0907. The molecule has 1 atom stereocenters. The Kier molecular flexibility index (Phi) is 6.03. The van der Waals surface area contributed by atoms with Crippen molar-refractivity contribution in [1.82, 2.24) is 15.1 Å². The molecule has 28 heavy (non-hydrogen) atoms. The van der Waals surface area contributed by atoms with Gasteiger partial charge in [-0.25, -0.2) is 0 Å². The van der Waals surface area contributed by atoms with Crippen molar-refractivity contribution < 1.29 is 18.7 Å². The number of rotatable bonds is 8. The molecule has 2 aromatic heterocycles. The van der Waals surface area contributed by atoms with E-state index < -0.39 is 0 Å². The zero-order chi connectivity index (χ0) is 20.1. The number of benzene rings is 1. The summed E-state index contributed by atoms with van der Waals surface area (Å²) in [5.41, 5.74) is 2.03. The highest BCUT2D eigenvalue weighted by Crippen LogP contribution is 2.27. The average Bonchev–Trinajstić information content (AvgIpc) is 3.33. The molecule has 1 aromatic carbocycles. The van der Waals surface area contributed by atoms with Gasteiger partial charge in [-0.2, -0.15) is 5.10 Å². The normalized spacial score (nSPS) is 11.9. The molecule has 0 aliphatic heterocycles. The fourth-order valence-electron chi connectivity index (χ4n) is 3.01. The summed E-state index contributed by atoms with van der Waals surface area (Å²) in [6.07, 6.45) is 1.79. The van der Waals surface area contributed by atoms with Gasteiger partial charge in [-0.15, -0.1) is 0 Å². The highest BCUT2D eigenvalue weighted by molar-refractivity contribution is 5.91. The number of ether oxygens (including phenoxy) is 2. The molecule has 0 fully saturated rings. The Balaban J connectivity index is 1.61. The topological polar surface area (TPSA) is 78.5 Å². The van der Waals surface area contributed by atoms with Crippen molar-refractivity contribution in [3.05, 3.63) is 65.4 Å². The maximum atomic E-state index is 12.5. The predicted octanol–water partition coefficient (Wildman–Crippen LogP) is 3.88. The maximum Gasteiger partial charge on any atom is 0.287 e. The van der Waals surface area contributed by atoms with Crippen molar-refractivity contribution in [3.8, 4) is 11.5 Å². The minimum absolute atomic E-state index is 0.175. The lowest BCUT2D eigenvalue weighted by Crippen LogP contribution is -2.26. The van der Waals surface area contributed by atoms with E-state index in [1.54, 1.807) is 25.4 Å². The van der Waals surface area contributed by atoms with Crippen LogP contribution < -0.4 is 14.8 Å². The number of hydrogen-bond donors (Lipinski definition) is 1. The molecule has 0 saturated carbocycles. The summed E-state index contributed by atoms with van der Waals surface area (Å²) in [7, 11) is 1.59. The van der Waals surface area contributed by atoms with Crippen LogP contribution in [0.5, 0.6) is 11.5 Å². The van der Waals surface area contributed by atoms with Gasteiger partial charge in [0.1, 0.15) is 12.4 Å². The quantitative estimate of drug-likeness (QED) is 0.639. The van der Waals surface area contributed by atoms with Crippen molar-refractivity contribution >= 4 is 5.91 Å². The minimum atomic E-state index is -0.278. The van der Waals surface area contributed by atoms with Crippen LogP contribution in [-0.4, -0.2) is 22.8 Å². The van der Waals surface area contributed by atoms with E-state index in [1.807, 2.05) is 49.7 Å². The molecule has 0 spiro atoms. The predicted molar refractivity (Wildman–Crippen MR) is 105 cm³/mol. The molecule has 0 saturated heterocycles. The van der Waals surface area contributed by atoms with Crippen molar-refractivity contribution in [2.24, 2.45) is 0 Å². The van der Waals surface area contributed by atoms with Gasteiger partial charge in [0.15, 0.2) is 17.3 Å². The molecular formula is C21H25N3O4. The SMILES string of the molecule is CCn1ncc(C(C)NC(=O)c2ccc(COc3ccccc3OC)o2)c1C. The van der Waals surface area contributed by atoms with Crippen LogP contribution in [0.2, 0.25) is 0 Å². The second-order valence-corrected chi connectivity index (χ2v) is 6.40. The Bertz CT molecular complexity index is 945. The van der Waals surface area contributed by atoms with Crippen molar-refractivity contribution in [3.63, 3.8) is 0 Å². The van der Waals surface area contributed by atoms with Gasteiger partial charge in [0.05, 0.1) is 19.3 Å². The van der Waals surface area contributed by atoms with E-state index in [1.165, 1.54) is 0 Å². The van der Waals surface area contributed by atoms with Gasteiger partial charge < -0.3 is 19.2 Å². The summed E-state index contributed by atoms with van der Waals surface area (Å²) in [4.78, 5) is 12.5. The smallest absolute Gasteiger partial charge is 0.287 e. The van der Waals surface area contributed by atoms with Crippen LogP contribution in [0.25, 0.3) is 0 Å². The van der Waals surface area contributed by atoms with E-state index in [-0.39, 0.29) is 24.3 Å². The third-order valence-electron chi connectivity index (χ3n) is 4.58. The van der Waals surface area contributed by atoms with E-state index in [4.69, 9.17) is 13.9 Å². The number of carbonyl (C=O) groups is 1. The van der Waals surface area contributed by atoms with E-state index in [2.05, 4.69) is 10.4 Å². The number of amides is 1. The van der Waals surface area contributed by atoms with E-state index in [0.717, 1.165) is 17.8 Å². The third kappa shape index (κ3) is 4.19. The molecule has 0 bridgehead atoms. The van der Waals surface area contributed by atoms with Crippen LogP contribution in [0.15, 0.2) is 47.0 Å². The number of nitrogens with one attached hydrogen (secondary N) is 1. The Hall–Kier alpha value is -3.22. The first-order chi connectivity index (χ1) is 13.5. The lowest BCUT2D eigenvalue weighted by atomic mass is 10.1. The van der Waals surface area contributed by atoms with Crippen molar-refractivity contribution in [1.29, 1.82) is 0 Å². The van der Waals surface area contributed by atoms with Gasteiger partial charge in [0, 0.05) is 17.8 Å². The first kappa shape index (κ1) is 19.5. The summed E-state index contributed by atoms with van der Waals surface area (Å²) in [6, 6.07) is 10.6. The average molecular weight is 383 g/mol. The summed E-state index contributed by atoms with van der Waals surface area (Å²) >= 11 is 0. The van der Waals surface area contributed by atoms with Gasteiger partial charge in [-0.1, -0.05) is 12.1 Å². The summed E-state index contributed by atoms with van der Waals surface area (Å²) < 4.78 is 18.5. The minimum Gasteiger partial charge on any atom is -0.493 e. The van der Waals surface area contributed by atoms with Gasteiger partial charge in [0.2, 0.25) is 0 Å². The Morgan fingerprint density at radius 1 is 1.25 bits per heavy atom. The van der Waals surface area contributed by atoms with Crippen molar-refractivity contribution in [2.75, 3.05) is 7.11 Å². The number of carbonyl (C=O) groups excluding carboxylic acids is 1. The Morgan fingerprint density at radius 2 is 2.00 bits per heavy atom. The molecule has 1 amide bonds. The molecule has 0 aliphatic carbocycles. The van der Waals surface area contributed by atoms with E-state index >= 15 is 0 Å². The number of methoxy groups -OCH3 is 1. The van der Waals surface area contributed by atoms with Gasteiger partial charge >= 0.3 is 0 Å². The molecule has 0 radical (unpaired) electrons. The molecule has 2 heterocycles. The second kappa shape index (κ2) is 8.65. The number of aryl methyl sites for hydroxylation is 1. The number of hydrogen-bond acceptors (Lipinski definition) is 5. The maximum absolute atomic E-state index is 12.5. The van der Waals surface area contributed by atoms with Gasteiger partial charge in [0.25, 0.3) is 5.91 Å². The Morgan fingerprint density at radius 3 is 2.68 bits per heavy atom. The zero-order valence-electron chi connectivity index (χ0n) is 16.6. The van der Waals surface area contributed by atoms with Crippen LogP contribution in [0, 0.1) is 6.92 Å². The number of nitrogens with zero attached hydrogens (tertiary/aromatic N) is 2. The standard InChI is InChI=1S/C21H25N3O4/c1-5-24-15(3)17(12-22-24)14(2)23-21(25)20-11-10-16(28-20)13-27-19-9-7-6-8-18(19)26-4/h6-12,14H,5,13H2,1-4H3,(H,23,25). The van der Waals surface area contributed by atoms with E-state index in [9.17, 15) is 4.79 Å². The molecule has 0 aliphatic rings. The molecular weight excluding hydrogens is 358 g/mol. The summed E-state index contributed by atoms with van der Waals surface area (Å²) in [5.74, 6) is 1.78. The van der Waals surface area contributed by atoms with Gasteiger partial charge in [-0.05, 0) is 45.0 Å². The van der Waals surface area contributed by atoms with Crippen LogP contribution in [0.3, 0.4) is 0 Å². The second-order valence-electron chi connectivity index (χ2n) is 6.40. The van der Waals surface area contributed by atoms with Crippen LogP contribution >= 0.6 is 0 Å². The summed E-state index contributed by atoms with van der Waals surface area (Å²) in [5, 5.41) is 7.27. The first-order valence-electron chi connectivity index (χ1n) is 9.21. The number of para-hydroxylation sites is 2. The molecule has 7 heteroatoms. The van der Waals surface area contributed by atoms with Crippen molar-refractivity contribution in [2.45, 2.75) is 40.0 Å².